The zero-order chi connectivity index (χ0) is 21.5. The minimum Gasteiger partial charge on any atom is -0.481 e. The third kappa shape index (κ3) is 6.19. The largest absolute Gasteiger partial charge is 0.481 e. The van der Waals surface area contributed by atoms with Crippen LogP contribution in [0, 0.1) is 13.8 Å². The summed E-state index contributed by atoms with van der Waals surface area (Å²) in [6.07, 6.45) is 1.03. The highest BCUT2D eigenvalue weighted by atomic mass is 35.5. The van der Waals surface area contributed by atoms with Crippen molar-refractivity contribution >= 4 is 17.6 Å². The highest BCUT2D eigenvalue weighted by Gasteiger charge is 2.16. The number of rotatable bonds is 9. The van der Waals surface area contributed by atoms with Crippen molar-refractivity contribution in [3.8, 4) is 0 Å². The van der Waals surface area contributed by atoms with Crippen LogP contribution in [0.1, 0.15) is 45.7 Å². The van der Waals surface area contributed by atoms with Crippen molar-refractivity contribution in [1.29, 1.82) is 0 Å². The van der Waals surface area contributed by atoms with Gasteiger partial charge in [0.1, 0.15) is 0 Å². The Morgan fingerprint density at radius 1 is 0.933 bits per heavy atom. The van der Waals surface area contributed by atoms with Crippen LogP contribution in [0.5, 0.6) is 0 Å². The van der Waals surface area contributed by atoms with E-state index in [4.69, 9.17) is 16.7 Å². The molecule has 0 aliphatic carbocycles. The lowest BCUT2D eigenvalue weighted by atomic mass is 9.85. The number of nitrogens with one attached hydrogen (secondary N) is 1. The second-order valence-corrected chi connectivity index (χ2v) is 8.23. The van der Waals surface area contributed by atoms with Gasteiger partial charge in [-0.05, 0) is 65.8 Å². The van der Waals surface area contributed by atoms with E-state index in [2.05, 4.69) is 73.8 Å². The van der Waals surface area contributed by atoms with Crippen LogP contribution >= 0.6 is 11.6 Å². The first-order chi connectivity index (χ1) is 14.4. The van der Waals surface area contributed by atoms with Crippen LogP contribution in [0.4, 0.5) is 0 Å². The highest BCUT2D eigenvalue weighted by molar-refractivity contribution is 6.30. The first-order valence-electron chi connectivity index (χ1n) is 10.3. The first-order valence-corrected chi connectivity index (χ1v) is 10.6. The van der Waals surface area contributed by atoms with Crippen molar-refractivity contribution in [3.05, 3.63) is 105 Å². The van der Waals surface area contributed by atoms with Crippen LogP contribution < -0.4 is 5.32 Å². The number of hydrogen-bond donors (Lipinski definition) is 2. The fourth-order valence-corrected chi connectivity index (χ4v) is 3.81. The number of aliphatic carboxylic acids is 1. The second kappa shape index (κ2) is 10.4. The Bertz CT molecular complexity index is 998. The predicted molar refractivity (Wildman–Crippen MR) is 123 cm³/mol. The summed E-state index contributed by atoms with van der Waals surface area (Å²) in [5.41, 5.74) is 7.50. The molecule has 0 aliphatic heterocycles. The summed E-state index contributed by atoms with van der Waals surface area (Å²) in [5, 5.41) is 12.7. The van der Waals surface area contributed by atoms with E-state index in [1.54, 1.807) is 0 Å². The molecule has 2 N–H and O–H groups in total. The lowest BCUT2D eigenvalue weighted by Gasteiger charge is -2.20. The molecule has 3 nitrogen and oxygen atoms in total. The minimum absolute atomic E-state index is 0.130. The van der Waals surface area contributed by atoms with Gasteiger partial charge in [0.2, 0.25) is 0 Å². The summed E-state index contributed by atoms with van der Waals surface area (Å²) in [5.74, 6) is -0.576. The number of carboxylic acids is 1. The minimum atomic E-state index is -0.784. The number of benzene rings is 3. The molecule has 0 radical (unpaired) electrons. The normalized spacial score (nSPS) is 12.0. The van der Waals surface area contributed by atoms with E-state index >= 15 is 0 Å². The molecule has 0 spiro atoms. The Labute approximate surface area is 183 Å². The van der Waals surface area contributed by atoms with Crippen molar-refractivity contribution < 1.29 is 9.90 Å². The molecule has 1 unspecified atom stereocenters. The Morgan fingerprint density at radius 2 is 1.67 bits per heavy atom. The molecule has 0 bridgehead atoms. The molecule has 0 aromatic heterocycles. The van der Waals surface area contributed by atoms with E-state index in [0.717, 1.165) is 17.0 Å². The number of carboxylic acid groups (broad SMARTS) is 1. The zero-order valence-electron chi connectivity index (χ0n) is 17.5. The fourth-order valence-electron chi connectivity index (χ4n) is 3.61. The van der Waals surface area contributed by atoms with Gasteiger partial charge in [-0.3, -0.25) is 4.79 Å². The average Bonchev–Trinajstić information content (AvgIpc) is 2.72. The van der Waals surface area contributed by atoms with Gasteiger partial charge in [-0.1, -0.05) is 66.2 Å². The molecule has 1 atom stereocenters. The standard InChI is InChI=1S/C26H28ClNO2/c1-18-6-7-21(14-19(18)2)15-25(23-4-3-5-24(27)16-23)22-10-8-20(9-11-22)17-28-13-12-26(29)30/h3-11,14,16,25,28H,12-13,15,17H2,1-2H3,(H,29,30). The molecular weight excluding hydrogens is 394 g/mol. The lowest BCUT2D eigenvalue weighted by Crippen LogP contribution is -2.17. The van der Waals surface area contributed by atoms with Crippen molar-refractivity contribution in [1.82, 2.24) is 5.32 Å². The van der Waals surface area contributed by atoms with Crippen molar-refractivity contribution in [3.63, 3.8) is 0 Å². The van der Waals surface area contributed by atoms with E-state index in [-0.39, 0.29) is 12.3 Å². The summed E-state index contributed by atoms with van der Waals surface area (Å²) in [4.78, 5) is 10.6. The van der Waals surface area contributed by atoms with Gasteiger partial charge >= 0.3 is 5.97 Å². The molecule has 30 heavy (non-hydrogen) atoms. The van der Waals surface area contributed by atoms with Crippen molar-refractivity contribution in [2.24, 2.45) is 0 Å². The van der Waals surface area contributed by atoms with Crippen molar-refractivity contribution in [2.75, 3.05) is 6.54 Å². The van der Waals surface area contributed by atoms with Gasteiger partial charge in [-0.25, -0.2) is 0 Å². The number of carbonyl (C=O) groups is 1. The topological polar surface area (TPSA) is 49.3 Å². The average molecular weight is 422 g/mol. The number of hydrogen-bond acceptors (Lipinski definition) is 2. The molecule has 0 saturated carbocycles. The summed E-state index contributed by atoms with van der Waals surface area (Å²) < 4.78 is 0. The SMILES string of the molecule is Cc1ccc(CC(c2ccc(CNCCC(=O)O)cc2)c2cccc(Cl)c2)cc1C. The van der Waals surface area contributed by atoms with Gasteiger partial charge in [-0.15, -0.1) is 0 Å². The Morgan fingerprint density at radius 3 is 2.33 bits per heavy atom. The van der Waals surface area contributed by atoms with Crippen LogP contribution in [0.25, 0.3) is 0 Å². The van der Waals surface area contributed by atoms with Gasteiger partial charge in [0, 0.05) is 24.0 Å². The summed E-state index contributed by atoms with van der Waals surface area (Å²) in [7, 11) is 0. The summed E-state index contributed by atoms with van der Waals surface area (Å²) >= 11 is 6.29. The molecule has 0 heterocycles. The second-order valence-electron chi connectivity index (χ2n) is 7.79. The van der Waals surface area contributed by atoms with Gasteiger partial charge < -0.3 is 10.4 Å². The molecule has 0 saturated heterocycles. The van der Waals surface area contributed by atoms with Crippen LogP contribution in [-0.4, -0.2) is 17.6 Å². The lowest BCUT2D eigenvalue weighted by molar-refractivity contribution is -0.136. The third-order valence-corrected chi connectivity index (χ3v) is 5.72. The zero-order valence-corrected chi connectivity index (χ0v) is 18.2. The molecule has 0 aliphatic rings. The molecule has 156 valence electrons. The molecule has 3 aromatic carbocycles. The maximum Gasteiger partial charge on any atom is 0.304 e. The summed E-state index contributed by atoms with van der Waals surface area (Å²) in [6.45, 7) is 5.41. The quantitative estimate of drug-likeness (QED) is 0.423. The fraction of sp³-hybridized carbons (Fsp3) is 0.269. The molecular formula is C26H28ClNO2. The molecule has 0 amide bonds. The Kier molecular flexibility index (Phi) is 7.67. The van der Waals surface area contributed by atoms with Gasteiger partial charge in [-0.2, -0.15) is 0 Å². The van der Waals surface area contributed by atoms with E-state index in [1.807, 2.05) is 12.1 Å². The molecule has 3 aromatic rings. The molecule has 0 fully saturated rings. The highest BCUT2D eigenvalue weighted by Crippen LogP contribution is 2.31. The van der Waals surface area contributed by atoms with Crippen molar-refractivity contribution in [2.45, 2.75) is 39.2 Å². The Balaban J connectivity index is 1.81. The van der Waals surface area contributed by atoms with Crippen LogP contribution in [0.3, 0.4) is 0 Å². The predicted octanol–water partition coefficient (Wildman–Crippen LogP) is 5.90. The van der Waals surface area contributed by atoms with E-state index in [9.17, 15) is 4.79 Å². The van der Waals surface area contributed by atoms with Crippen LogP contribution in [0.2, 0.25) is 5.02 Å². The number of aryl methyl sites for hydroxylation is 2. The first kappa shape index (κ1) is 22.1. The maximum absolute atomic E-state index is 10.6. The van der Waals surface area contributed by atoms with Gasteiger partial charge in [0.15, 0.2) is 0 Å². The number of halogens is 1. The van der Waals surface area contributed by atoms with E-state index in [1.165, 1.54) is 27.8 Å². The smallest absolute Gasteiger partial charge is 0.304 e. The molecule has 3 rings (SSSR count). The van der Waals surface area contributed by atoms with E-state index in [0.29, 0.717) is 13.1 Å². The monoisotopic (exact) mass is 421 g/mol. The maximum atomic E-state index is 10.6. The van der Waals surface area contributed by atoms with Crippen LogP contribution in [-0.2, 0) is 17.8 Å². The Hall–Kier alpha value is -2.62. The van der Waals surface area contributed by atoms with Crippen LogP contribution in [0.15, 0.2) is 66.7 Å². The molecule has 4 heteroatoms. The van der Waals surface area contributed by atoms with Gasteiger partial charge in [0.25, 0.3) is 0 Å². The summed E-state index contributed by atoms with van der Waals surface area (Å²) in [6, 6.07) is 23.3. The third-order valence-electron chi connectivity index (χ3n) is 5.49. The van der Waals surface area contributed by atoms with E-state index < -0.39 is 5.97 Å². The van der Waals surface area contributed by atoms with Gasteiger partial charge in [0.05, 0.1) is 6.42 Å².